The molecule has 2 aromatic rings. The number of likely N-dealkylation sites (tertiary alicyclic amines) is 1. The standard InChI is InChI=1S/C19H19F3N2O2/c20-19(21,22)26-16-8-6-14(7-9-16)12-18(25)24-11-2-1-5-17(24)15-4-3-10-23-13-15/h3-4,6-10,13,17H,1-2,5,11-12H2/t17-/m1/s1. The van der Waals surface area contributed by atoms with E-state index in [0.29, 0.717) is 12.1 Å². The number of alkyl halides is 3. The van der Waals surface area contributed by atoms with Gasteiger partial charge in [0.05, 0.1) is 12.5 Å². The third kappa shape index (κ3) is 4.74. The van der Waals surface area contributed by atoms with Crippen molar-refractivity contribution >= 4 is 5.91 Å². The van der Waals surface area contributed by atoms with Crippen LogP contribution in [0.25, 0.3) is 0 Å². The molecule has 3 rings (SSSR count). The smallest absolute Gasteiger partial charge is 0.406 e. The molecule has 1 atom stereocenters. The molecule has 1 aliphatic rings. The number of hydrogen-bond donors (Lipinski definition) is 0. The summed E-state index contributed by atoms with van der Waals surface area (Å²) < 4.78 is 40.5. The Morgan fingerprint density at radius 1 is 1.19 bits per heavy atom. The molecule has 0 spiro atoms. The molecule has 1 aromatic carbocycles. The molecule has 0 unspecified atom stereocenters. The van der Waals surface area contributed by atoms with Gasteiger partial charge in [-0.2, -0.15) is 0 Å². The van der Waals surface area contributed by atoms with Gasteiger partial charge in [-0.25, -0.2) is 0 Å². The van der Waals surface area contributed by atoms with Crippen molar-refractivity contribution < 1.29 is 22.7 Å². The summed E-state index contributed by atoms with van der Waals surface area (Å²) in [4.78, 5) is 18.7. The predicted molar refractivity (Wildman–Crippen MR) is 89.4 cm³/mol. The molecule has 1 saturated heterocycles. The normalized spacial score (nSPS) is 17.8. The van der Waals surface area contributed by atoms with Crippen LogP contribution in [0.1, 0.15) is 36.4 Å². The van der Waals surface area contributed by atoms with Crippen molar-refractivity contribution in [2.24, 2.45) is 0 Å². The van der Waals surface area contributed by atoms with E-state index in [0.717, 1.165) is 24.8 Å². The summed E-state index contributed by atoms with van der Waals surface area (Å²) in [6.45, 7) is 0.674. The lowest BCUT2D eigenvalue weighted by molar-refractivity contribution is -0.274. The van der Waals surface area contributed by atoms with E-state index in [-0.39, 0.29) is 24.1 Å². The number of nitrogens with zero attached hydrogens (tertiary/aromatic N) is 2. The maximum Gasteiger partial charge on any atom is 0.573 e. The van der Waals surface area contributed by atoms with Crippen LogP contribution in [0, 0.1) is 0 Å². The van der Waals surface area contributed by atoms with Crippen LogP contribution in [0.15, 0.2) is 48.8 Å². The van der Waals surface area contributed by atoms with E-state index >= 15 is 0 Å². The molecule has 0 radical (unpaired) electrons. The lowest BCUT2D eigenvalue weighted by Gasteiger charge is -2.36. The van der Waals surface area contributed by atoms with Crippen LogP contribution in [-0.2, 0) is 11.2 Å². The molecule has 138 valence electrons. The third-order valence-corrected chi connectivity index (χ3v) is 4.40. The summed E-state index contributed by atoms with van der Waals surface area (Å²) in [5.74, 6) is -0.331. The van der Waals surface area contributed by atoms with Gasteiger partial charge in [-0.1, -0.05) is 18.2 Å². The van der Waals surface area contributed by atoms with Crippen LogP contribution < -0.4 is 4.74 Å². The highest BCUT2D eigenvalue weighted by Gasteiger charge is 2.31. The Kier molecular flexibility index (Phi) is 5.44. The number of aromatic nitrogens is 1. The van der Waals surface area contributed by atoms with Gasteiger partial charge in [0.25, 0.3) is 0 Å². The first-order valence-electron chi connectivity index (χ1n) is 8.46. The zero-order chi connectivity index (χ0) is 18.6. The first kappa shape index (κ1) is 18.2. The lowest BCUT2D eigenvalue weighted by Crippen LogP contribution is -2.39. The molecular weight excluding hydrogens is 345 g/mol. The van der Waals surface area contributed by atoms with Gasteiger partial charge in [-0.15, -0.1) is 13.2 Å². The van der Waals surface area contributed by atoms with Gasteiger partial charge in [0, 0.05) is 18.9 Å². The molecule has 1 fully saturated rings. The lowest BCUT2D eigenvalue weighted by atomic mass is 9.95. The topological polar surface area (TPSA) is 42.4 Å². The van der Waals surface area contributed by atoms with Gasteiger partial charge in [0.15, 0.2) is 0 Å². The summed E-state index contributed by atoms with van der Waals surface area (Å²) in [6.07, 6.45) is 1.78. The zero-order valence-corrected chi connectivity index (χ0v) is 14.1. The van der Waals surface area contributed by atoms with Crippen molar-refractivity contribution in [1.82, 2.24) is 9.88 Å². The van der Waals surface area contributed by atoms with Gasteiger partial charge < -0.3 is 9.64 Å². The van der Waals surface area contributed by atoms with Crippen molar-refractivity contribution in [3.05, 3.63) is 59.9 Å². The number of rotatable bonds is 4. The first-order valence-corrected chi connectivity index (χ1v) is 8.46. The van der Waals surface area contributed by atoms with Crippen LogP contribution in [0.4, 0.5) is 13.2 Å². The zero-order valence-electron chi connectivity index (χ0n) is 14.1. The van der Waals surface area contributed by atoms with E-state index in [9.17, 15) is 18.0 Å². The number of carbonyl (C=O) groups is 1. The summed E-state index contributed by atoms with van der Waals surface area (Å²) in [5.41, 5.74) is 1.66. The Morgan fingerprint density at radius 3 is 2.62 bits per heavy atom. The number of carbonyl (C=O) groups excluding carboxylic acids is 1. The SMILES string of the molecule is O=C(Cc1ccc(OC(F)(F)F)cc1)N1CCCC[C@@H]1c1cccnc1. The summed E-state index contributed by atoms with van der Waals surface area (Å²) in [6, 6.07) is 9.25. The number of halogens is 3. The molecule has 1 aliphatic heterocycles. The average Bonchev–Trinajstić information content (AvgIpc) is 2.63. The quantitative estimate of drug-likeness (QED) is 0.813. The van der Waals surface area contributed by atoms with Gasteiger partial charge in [0.1, 0.15) is 5.75 Å². The minimum absolute atomic E-state index is 0.00205. The van der Waals surface area contributed by atoms with Gasteiger partial charge in [0.2, 0.25) is 5.91 Å². The highest BCUT2D eigenvalue weighted by atomic mass is 19.4. The molecule has 0 N–H and O–H groups in total. The van der Waals surface area contributed by atoms with Crippen LogP contribution in [-0.4, -0.2) is 28.7 Å². The molecule has 1 aromatic heterocycles. The second-order valence-electron chi connectivity index (χ2n) is 6.25. The van der Waals surface area contributed by atoms with Crippen LogP contribution in [0.3, 0.4) is 0 Å². The second kappa shape index (κ2) is 7.76. The Hall–Kier alpha value is -2.57. The number of pyridine rings is 1. The summed E-state index contributed by atoms with van der Waals surface area (Å²) in [5, 5.41) is 0. The van der Waals surface area contributed by atoms with Crippen molar-refractivity contribution in [3.63, 3.8) is 0 Å². The Balaban J connectivity index is 1.68. The van der Waals surface area contributed by atoms with Gasteiger partial charge in [-0.05, 0) is 48.6 Å². The molecule has 0 aliphatic carbocycles. The monoisotopic (exact) mass is 364 g/mol. The molecule has 0 bridgehead atoms. The molecule has 0 saturated carbocycles. The minimum Gasteiger partial charge on any atom is -0.406 e. The minimum atomic E-state index is -4.72. The highest BCUT2D eigenvalue weighted by molar-refractivity contribution is 5.79. The van der Waals surface area contributed by atoms with E-state index in [4.69, 9.17) is 0 Å². The highest BCUT2D eigenvalue weighted by Crippen LogP contribution is 2.31. The van der Waals surface area contributed by atoms with E-state index in [1.165, 1.54) is 24.3 Å². The fraction of sp³-hybridized carbons (Fsp3) is 0.368. The Bertz CT molecular complexity index is 733. The molecule has 1 amide bonds. The Labute approximate surface area is 149 Å². The van der Waals surface area contributed by atoms with E-state index in [2.05, 4.69) is 9.72 Å². The van der Waals surface area contributed by atoms with Gasteiger partial charge in [-0.3, -0.25) is 9.78 Å². The van der Waals surface area contributed by atoms with E-state index < -0.39 is 6.36 Å². The molecule has 2 heterocycles. The van der Waals surface area contributed by atoms with Crippen molar-refractivity contribution in [2.75, 3.05) is 6.54 Å². The average molecular weight is 364 g/mol. The molecule has 7 heteroatoms. The third-order valence-electron chi connectivity index (χ3n) is 4.40. The number of hydrogen-bond acceptors (Lipinski definition) is 3. The second-order valence-corrected chi connectivity index (χ2v) is 6.25. The molecule has 26 heavy (non-hydrogen) atoms. The number of piperidine rings is 1. The largest absolute Gasteiger partial charge is 0.573 e. The molecular formula is C19H19F3N2O2. The van der Waals surface area contributed by atoms with Crippen LogP contribution >= 0.6 is 0 Å². The predicted octanol–water partition coefficient (Wildman–Crippen LogP) is 4.28. The van der Waals surface area contributed by atoms with E-state index in [1.807, 2.05) is 17.0 Å². The van der Waals surface area contributed by atoms with Gasteiger partial charge >= 0.3 is 6.36 Å². The van der Waals surface area contributed by atoms with Crippen molar-refractivity contribution in [2.45, 2.75) is 38.1 Å². The number of ether oxygens (including phenoxy) is 1. The van der Waals surface area contributed by atoms with Crippen LogP contribution in [0.5, 0.6) is 5.75 Å². The molecule has 4 nitrogen and oxygen atoms in total. The summed E-state index contributed by atoms with van der Waals surface area (Å²) in [7, 11) is 0. The maximum absolute atomic E-state index is 12.8. The number of amides is 1. The van der Waals surface area contributed by atoms with E-state index in [1.54, 1.807) is 12.4 Å². The fourth-order valence-corrected chi connectivity index (χ4v) is 3.23. The summed E-state index contributed by atoms with van der Waals surface area (Å²) >= 11 is 0. The van der Waals surface area contributed by atoms with Crippen molar-refractivity contribution in [1.29, 1.82) is 0 Å². The first-order chi connectivity index (χ1) is 12.4. The number of benzene rings is 1. The fourth-order valence-electron chi connectivity index (χ4n) is 3.23. The Morgan fingerprint density at radius 2 is 1.96 bits per heavy atom. The maximum atomic E-state index is 12.8. The van der Waals surface area contributed by atoms with Crippen molar-refractivity contribution in [3.8, 4) is 5.75 Å². The van der Waals surface area contributed by atoms with Crippen LogP contribution in [0.2, 0.25) is 0 Å².